The summed E-state index contributed by atoms with van der Waals surface area (Å²) in [5.41, 5.74) is -0.312. The summed E-state index contributed by atoms with van der Waals surface area (Å²) in [7, 11) is 0. The van der Waals surface area contributed by atoms with E-state index in [2.05, 4.69) is 5.32 Å². The van der Waals surface area contributed by atoms with Gasteiger partial charge in [-0.25, -0.2) is 18.1 Å². The molecule has 0 fully saturated rings. The van der Waals surface area contributed by atoms with Crippen molar-refractivity contribution in [3.05, 3.63) is 98.0 Å². The standard InChI is InChI=1S/C24H21F2N3O3S/c1-15(7-8-16-5-3-2-4-6-16)27-21(30)14-28-20-9-10-33-22(20)23(31)29(24(28)32)19-12-17(25)11-18(26)13-19/h2-6,9-13,15H,7-8,14H2,1H3,(H,27,30)/t15-/m1/s1. The Morgan fingerprint density at radius 3 is 2.45 bits per heavy atom. The lowest BCUT2D eigenvalue weighted by molar-refractivity contribution is -0.122. The van der Waals surface area contributed by atoms with Crippen molar-refractivity contribution in [3.8, 4) is 5.69 Å². The number of carbonyl (C=O) groups excluding carboxylic acids is 1. The van der Waals surface area contributed by atoms with Crippen LogP contribution in [0.25, 0.3) is 15.9 Å². The first-order valence-corrected chi connectivity index (χ1v) is 11.2. The molecule has 0 spiro atoms. The summed E-state index contributed by atoms with van der Waals surface area (Å²) >= 11 is 1.09. The zero-order valence-electron chi connectivity index (χ0n) is 17.8. The normalized spacial score (nSPS) is 12.1. The highest BCUT2D eigenvalue weighted by Crippen LogP contribution is 2.17. The van der Waals surface area contributed by atoms with Crippen LogP contribution in [0.4, 0.5) is 8.78 Å². The molecule has 2 aromatic heterocycles. The van der Waals surface area contributed by atoms with Gasteiger partial charge in [-0.15, -0.1) is 11.3 Å². The molecule has 0 aliphatic carbocycles. The molecule has 0 bridgehead atoms. The number of aryl methyl sites for hydroxylation is 1. The smallest absolute Gasteiger partial charge is 0.336 e. The highest BCUT2D eigenvalue weighted by molar-refractivity contribution is 7.17. The first-order chi connectivity index (χ1) is 15.8. The van der Waals surface area contributed by atoms with Gasteiger partial charge in [0.15, 0.2) is 0 Å². The van der Waals surface area contributed by atoms with Crippen LogP contribution >= 0.6 is 11.3 Å². The van der Waals surface area contributed by atoms with E-state index >= 15 is 0 Å². The van der Waals surface area contributed by atoms with Crippen molar-refractivity contribution in [2.75, 3.05) is 0 Å². The van der Waals surface area contributed by atoms with Gasteiger partial charge in [-0.2, -0.15) is 0 Å². The van der Waals surface area contributed by atoms with E-state index in [1.165, 1.54) is 0 Å². The zero-order chi connectivity index (χ0) is 23.5. The van der Waals surface area contributed by atoms with Crippen LogP contribution in [0.5, 0.6) is 0 Å². The Balaban J connectivity index is 1.61. The fourth-order valence-corrected chi connectivity index (χ4v) is 4.52. The Morgan fingerprint density at radius 2 is 1.76 bits per heavy atom. The molecule has 1 N–H and O–H groups in total. The molecule has 1 atom stereocenters. The topological polar surface area (TPSA) is 73.1 Å². The van der Waals surface area contributed by atoms with E-state index in [-0.39, 0.29) is 23.0 Å². The maximum atomic E-state index is 13.8. The third-order valence-corrected chi connectivity index (χ3v) is 6.17. The molecule has 4 rings (SSSR count). The van der Waals surface area contributed by atoms with Crippen molar-refractivity contribution in [2.24, 2.45) is 0 Å². The Morgan fingerprint density at radius 1 is 1.06 bits per heavy atom. The number of amides is 1. The molecule has 0 unspecified atom stereocenters. The fourth-order valence-electron chi connectivity index (χ4n) is 3.70. The Kier molecular flexibility index (Phi) is 6.50. The highest BCUT2D eigenvalue weighted by Gasteiger charge is 2.19. The van der Waals surface area contributed by atoms with Crippen LogP contribution in [0, 0.1) is 11.6 Å². The van der Waals surface area contributed by atoms with Crippen molar-refractivity contribution in [3.63, 3.8) is 0 Å². The van der Waals surface area contributed by atoms with E-state index in [0.717, 1.165) is 40.0 Å². The van der Waals surface area contributed by atoms with Gasteiger partial charge in [0.2, 0.25) is 5.91 Å². The molecule has 2 heterocycles. The molecule has 4 aromatic rings. The lowest BCUT2D eigenvalue weighted by Crippen LogP contribution is -2.43. The van der Waals surface area contributed by atoms with Crippen molar-refractivity contribution >= 4 is 27.5 Å². The Labute approximate surface area is 191 Å². The van der Waals surface area contributed by atoms with E-state index in [9.17, 15) is 23.2 Å². The molecule has 33 heavy (non-hydrogen) atoms. The number of fused-ring (bicyclic) bond motifs is 1. The van der Waals surface area contributed by atoms with Crippen molar-refractivity contribution in [1.29, 1.82) is 0 Å². The van der Waals surface area contributed by atoms with Crippen molar-refractivity contribution < 1.29 is 13.6 Å². The third kappa shape index (κ3) is 4.93. The van der Waals surface area contributed by atoms with Crippen LogP contribution in [0.1, 0.15) is 18.9 Å². The maximum absolute atomic E-state index is 13.8. The van der Waals surface area contributed by atoms with E-state index in [1.807, 2.05) is 37.3 Å². The summed E-state index contributed by atoms with van der Waals surface area (Å²) in [6.07, 6.45) is 1.49. The lowest BCUT2D eigenvalue weighted by atomic mass is 10.1. The summed E-state index contributed by atoms with van der Waals surface area (Å²) < 4.78 is 29.6. The number of hydrogen-bond acceptors (Lipinski definition) is 4. The van der Waals surface area contributed by atoms with Gasteiger partial charge in [0.05, 0.1) is 11.2 Å². The van der Waals surface area contributed by atoms with Gasteiger partial charge in [-0.3, -0.25) is 14.2 Å². The molecular weight excluding hydrogens is 448 g/mol. The van der Waals surface area contributed by atoms with Gasteiger partial charge in [0, 0.05) is 12.1 Å². The lowest BCUT2D eigenvalue weighted by Gasteiger charge is -2.16. The number of aromatic nitrogens is 2. The van der Waals surface area contributed by atoms with Crippen molar-refractivity contribution in [2.45, 2.75) is 32.4 Å². The number of halogens is 2. The minimum atomic E-state index is -0.917. The second-order valence-corrected chi connectivity index (χ2v) is 8.68. The molecule has 0 saturated heterocycles. The second kappa shape index (κ2) is 9.50. The van der Waals surface area contributed by atoms with Gasteiger partial charge in [-0.05, 0) is 48.9 Å². The molecule has 170 valence electrons. The first kappa shape index (κ1) is 22.6. The van der Waals surface area contributed by atoms with E-state index < -0.39 is 28.8 Å². The molecule has 1 amide bonds. The van der Waals surface area contributed by atoms with Crippen molar-refractivity contribution in [1.82, 2.24) is 14.5 Å². The van der Waals surface area contributed by atoms with E-state index in [4.69, 9.17) is 0 Å². The summed E-state index contributed by atoms with van der Waals surface area (Å²) in [4.78, 5) is 38.8. The molecule has 2 aromatic carbocycles. The van der Waals surface area contributed by atoms with Gasteiger partial charge in [0.25, 0.3) is 5.56 Å². The van der Waals surface area contributed by atoms with E-state index in [0.29, 0.717) is 22.6 Å². The third-order valence-electron chi connectivity index (χ3n) is 5.28. The highest BCUT2D eigenvalue weighted by atomic mass is 32.1. The minimum Gasteiger partial charge on any atom is -0.352 e. The molecule has 6 nitrogen and oxygen atoms in total. The Hall–Kier alpha value is -3.59. The number of rotatable bonds is 7. The first-order valence-electron chi connectivity index (χ1n) is 10.4. The largest absolute Gasteiger partial charge is 0.352 e. The molecule has 0 aliphatic heterocycles. The van der Waals surface area contributed by atoms with Crippen LogP contribution < -0.4 is 16.6 Å². The SMILES string of the molecule is C[C@H](CCc1ccccc1)NC(=O)Cn1c(=O)n(-c2cc(F)cc(F)c2)c(=O)c2sccc21. The zero-order valence-corrected chi connectivity index (χ0v) is 18.6. The summed E-state index contributed by atoms with van der Waals surface area (Å²) in [6, 6.07) is 13.8. The average Bonchev–Trinajstić information content (AvgIpc) is 3.26. The van der Waals surface area contributed by atoms with Crippen LogP contribution in [-0.2, 0) is 17.8 Å². The van der Waals surface area contributed by atoms with E-state index in [1.54, 1.807) is 11.4 Å². The van der Waals surface area contributed by atoms with Gasteiger partial charge >= 0.3 is 5.69 Å². The summed E-state index contributed by atoms with van der Waals surface area (Å²) in [5.74, 6) is -2.24. The van der Waals surface area contributed by atoms with Crippen LogP contribution in [0.2, 0.25) is 0 Å². The summed E-state index contributed by atoms with van der Waals surface area (Å²) in [6.45, 7) is 1.54. The number of nitrogens with one attached hydrogen (secondary N) is 1. The molecule has 0 saturated carbocycles. The molecular formula is C24H21F2N3O3S. The number of thiophene rings is 1. The molecule has 0 radical (unpaired) electrons. The number of benzene rings is 2. The van der Waals surface area contributed by atoms with Gasteiger partial charge < -0.3 is 5.32 Å². The second-order valence-electron chi connectivity index (χ2n) is 7.76. The van der Waals surface area contributed by atoms with Crippen LogP contribution in [-0.4, -0.2) is 21.1 Å². The summed E-state index contributed by atoms with van der Waals surface area (Å²) in [5, 5.41) is 4.50. The quantitative estimate of drug-likeness (QED) is 0.449. The number of hydrogen-bond donors (Lipinski definition) is 1. The van der Waals surface area contributed by atoms with Crippen LogP contribution in [0.3, 0.4) is 0 Å². The number of nitrogens with zero attached hydrogens (tertiary/aromatic N) is 2. The van der Waals surface area contributed by atoms with Gasteiger partial charge in [0.1, 0.15) is 22.9 Å². The average molecular weight is 470 g/mol. The predicted octanol–water partition coefficient (Wildman–Crippen LogP) is 3.63. The predicted molar refractivity (Wildman–Crippen MR) is 124 cm³/mol. The molecule has 9 heteroatoms. The number of carbonyl (C=O) groups is 1. The van der Waals surface area contributed by atoms with Crippen LogP contribution in [0.15, 0.2) is 69.6 Å². The Bertz CT molecular complexity index is 1410. The maximum Gasteiger partial charge on any atom is 0.336 e. The molecule has 0 aliphatic rings. The fraction of sp³-hybridized carbons (Fsp3) is 0.208. The van der Waals surface area contributed by atoms with Gasteiger partial charge in [-0.1, -0.05) is 30.3 Å². The monoisotopic (exact) mass is 469 g/mol. The minimum absolute atomic E-state index is 0.144.